The molecule has 0 fully saturated rings. The first kappa shape index (κ1) is 13.3. The van der Waals surface area contributed by atoms with Gasteiger partial charge in [0.2, 0.25) is 0 Å². The van der Waals surface area contributed by atoms with Crippen molar-refractivity contribution in [1.82, 2.24) is 0 Å². The van der Waals surface area contributed by atoms with E-state index in [0.717, 1.165) is 19.0 Å². The van der Waals surface area contributed by atoms with Gasteiger partial charge in [-0.25, -0.2) is 0 Å². The van der Waals surface area contributed by atoms with E-state index in [9.17, 15) is 0 Å². The third-order valence-electron chi connectivity index (χ3n) is 2.93. The first-order valence-electron chi connectivity index (χ1n) is 6.40. The maximum atomic E-state index is 8.93. The summed E-state index contributed by atoms with van der Waals surface area (Å²) in [5.41, 5.74) is 0. The molecule has 94 valence electrons. The van der Waals surface area contributed by atoms with Gasteiger partial charge in [0.15, 0.2) is 0 Å². The van der Waals surface area contributed by atoms with Crippen LogP contribution in [-0.4, -0.2) is 17.9 Å². The summed E-state index contributed by atoms with van der Waals surface area (Å²) in [4.78, 5) is 0. The molecule has 2 aromatic rings. The van der Waals surface area contributed by atoms with Crippen molar-refractivity contribution in [3.63, 3.8) is 0 Å². The van der Waals surface area contributed by atoms with E-state index >= 15 is 0 Å². The molecule has 0 aliphatic rings. The predicted molar refractivity (Wildman–Crippen MR) is 80.3 cm³/mol. The van der Waals surface area contributed by atoms with Gasteiger partial charge >= 0.3 is 0 Å². The summed E-state index contributed by atoms with van der Waals surface area (Å²) in [6, 6.07) is 21.5. The first-order valence-corrected chi connectivity index (χ1v) is 7.93. The average Bonchev–Trinajstić information content (AvgIpc) is 2.46. The van der Waals surface area contributed by atoms with Crippen LogP contribution >= 0.6 is 7.92 Å². The van der Waals surface area contributed by atoms with Gasteiger partial charge in [0.25, 0.3) is 0 Å². The van der Waals surface area contributed by atoms with Crippen molar-refractivity contribution in [2.45, 2.75) is 12.8 Å². The smallest absolute Gasteiger partial charge is 0.0431 e. The number of rotatable bonds is 6. The fraction of sp³-hybridized carbons (Fsp3) is 0.250. The lowest BCUT2D eigenvalue weighted by Gasteiger charge is -2.18. The van der Waals surface area contributed by atoms with Crippen LogP contribution in [0.1, 0.15) is 12.8 Å². The Morgan fingerprint density at radius 3 is 1.67 bits per heavy atom. The van der Waals surface area contributed by atoms with Crippen LogP contribution in [-0.2, 0) is 0 Å². The second kappa shape index (κ2) is 7.31. The molecule has 0 aromatic heterocycles. The molecule has 1 N–H and O–H groups in total. The Balaban J connectivity index is 2.18. The van der Waals surface area contributed by atoms with Crippen LogP contribution in [0.3, 0.4) is 0 Å². The Hall–Kier alpha value is -1.17. The zero-order valence-corrected chi connectivity index (χ0v) is 11.4. The standard InChI is InChI=1S/C16H19OP/c17-13-7-8-14-18(15-9-3-1-4-10-15)16-11-5-2-6-12-16/h1-6,9-12,17H,7-8,13-14H2. The second-order valence-corrected chi connectivity index (χ2v) is 6.59. The van der Waals surface area contributed by atoms with Gasteiger partial charge in [-0.05, 0) is 37.5 Å². The lowest BCUT2D eigenvalue weighted by atomic mass is 10.3. The highest BCUT2D eigenvalue weighted by molar-refractivity contribution is 7.73. The zero-order valence-electron chi connectivity index (χ0n) is 10.5. The SMILES string of the molecule is OCCCCP(c1ccccc1)c1ccccc1. The van der Waals surface area contributed by atoms with Crippen LogP contribution in [0.5, 0.6) is 0 Å². The van der Waals surface area contributed by atoms with Crippen molar-refractivity contribution >= 4 is 18.5 Å². The van der Waals surface area contributed by atoms with E-state index in [1.165, 1.54) is 10.6 Å². The van der Waals surface area contributed by atoms with Crippen LogP contribution in [0.2, 0.25) is 0 Å². The molecule has 0 amide bonds. The summed E-state index contributed by atoms with van der Waals surface area (Å²) in [7, 11) is -0.274. The topological polar surface area (TPSA) is 20.2 Å². The normalized spacial score (nSPS) is 10.8. The summed E-state index contributed by atoms with van der Waals surface area (Å²) >= 11 is 0. The molecule has 0 unspecified atom stereocenters. The summed E-state index contributed by atoms with van der Waals surface area (Å²) in [6.07, 6.45) is 3.15. The lowest BCUT2D eigenvalue weighted by molar-refractivity contribution is 0.287. The zero-order chi connectivity index (χ0) is 12.6. The maximum absolute atomic E-state index is 8.93. The first-order chi connectivity index (χ1) is 8.92. The molecule has 0 bridgehead atoms. The number of hydrogen-bond donors (Lipinski definition) is 1. The fourth-order valence-electron chi connectivity index (χ4n) is 2.00. The summed E-state index contributed by atoms with van der Waals surface area (Å²) in [5.74, 6) is 0. The minimum atomic E-state index is -0.274. The van der Waals surface area contributed by atoms with Gasteiger partial charge < -0.3 is 5.11 Å². The van der Waals surface area contributed by atoms with Crippen LogP contribution in [0.25, 0.3) is 0 Å². The largest absolute Gasteiger partial charge is 0.396 e. The van der Waals surface area contributed by atoms with Crippen molar-refractivity contribution in [2.75, 3.05) is 12.8 Å². The van der Waals surface area contributed by atoms with E-state index in [1.807, 2.05) is 0 Å². The molecule has 2 heteroatoms. The Morgan fingerprint density at radius 1 is 0.722 bits per heavy atom. The molecule has 0 aliphatic heterocycles. The van der Waals surface area contributed by atoms with E-state index in [2.05, 4.69) is 60.7 Å². The predicted octanol–water partition coefficient (Wildman–Crippen LogP) is 2.89. The van der Waals surface area contributed by atoms with Crippen molar-refractivity contribution in [1.29, 1.82) is 0 Å². The molecule has 0 radical (unpaired) electrons. The molecule has 1 nitrogen and oxygen atoms in total. The van der Waals surface area contributed by atoms with Gasteiger partial charge in [0.1, 0.15) is 0 Å². The number of unbranched alkanes of at least 4 members (excludes halogenated alkanes) is 1. The molecule has 2 aromatic carbocycles. The van der Waals surface area contributed by atoms with Crippen LogP contribution < -0.4 is 10.6 Å². The Labute approximate surface area is 110 Å². The summed E-state index contributed by atoms with van der Waals surface area (Å²) in [6.45, 7) is 0.298. The van der Waals surface area contributed by atoms with Crippen molar-refractivity contribution < 1.29 is 5.11 Å². The van der Waals surface area contributed by atoms with Gasteiger partial charge in [0.05, 0.1) is 0 Å². The molecule has 0 aliphatic carbocycles. The van der Waals surface area contributed by atoms with E-state index in [1.54, 1.807) is 0 Å². The summed E-state index contributed by atoms with van der Waals surface area (Å²) < 4.78 is 0. The second-order valence-electron chi connectivity index (χ2n) is 4.25. The number of benzene rings is 2. The molecule has 0 spiro atoms. The minimum absolute atomic E-state index is 0.274. The maximum Gasteiger partial charge on any atom is 0.0431 e. The fourth-order valence-corrected chi connectivity index (χ4v) is 4.42. The number of aliphatic hydroxyl groups is 1. The highest BCUT2D eigenvalue weighted by Gasteiger charge is 2.12. The third-order valence-corrected chi connectivity index (χ3v) is 5.53. The van der Waals surface area contributed by atoms with Gasteiger partial charge in [-0.2, -0.15) is 0 Å². The average molecular weight is 258 g/mol. The summed E-state index contributed by atoms with van der Waals surface area (Å²) in [5, 5.41) is 11.8. The lowest BCUT2D eigenvalue weighted by Crippen LogP contribution is -2.14. The Kier molecular flexibility index (Phi) is 5.38. The van der Waals surface area contributed by atoms with E-state index in [-0.39, 0.29) is 7.92 Å². The van der Waals surface area contributed by atoms with E-state index in [0.29, 0.717) is 6.61 Å². The molecule has 0 atom stereocenters. The van der Waals surface area contributed by atoms with Gasteiger partial charge in [0, 0.05) is 6.61 Å². The number of hydrogen-bond acceptors (Lipinski definition) is 1. The molecule has 0 saturated carbocycles. The monoisotopic (exact) mass is 258 g/mol. The van der Waals surface area contributed by atoms with Crippen LogP contribution in [0.4, 0.5) is 0 Å². The number of aliphatic hydroxyl groups excluding tert-OH is 1. The van der Waals surface area contributed by atoms with Crippen molar-refractivity contribution in [2.24, 2.45) is 0 Å². The minimum Gasteiger partial charge on any atom is -0.396 e. The molecule has 0 saturated heterocycles. The Morgan fingerprint density at radius 2 is 1.22 bits per heavy atom. The highest BCUT2D eigenvalue weighted by atomic mass is 31.1. The molecular formula is C16H19OP. The molecule has 18 heavy (non-hydrogen) atoms. The van der Waals surface area contributed by atoms with Crippen molar-refractivity contribution in [3.8, 4) is 0 Å². The molecule has 2 rings (SSSR count). The van der Waals surface area contributed by atoms with Gasteiger partial charge in [-0.1, -0.05) is 60.7 Å². The Bertz CT molecular complexity index is 402. The van der Waals surface area contributed by atoms with Crippen LogP contribution in [0.15, 0.2) is 60.7 Å². The quantitative estimate of drug-likeness (QED) is 0.624. The van der Waals surface area contributed by atoms with E-state index in [4.69, 9.17) is 5.11 Å². The molecular weight excluding hydrogens is 239 g/mol. The van der Waals surface area contributed by atoms with Crippen LogP contribution in [0, 0.1) is 0 Å². The van der Waals surface area contributed by atoms with E-state index < -0.39 is 0 Å². The third kappa shape index (κ3) is 3.66. The van der Waals surface area contributed by atoms with Gasteiger partial charge in [-0.3, -0.25) is 0 Å². The molecule has 0 heterocycles. The van der Waals surface area contributed by atoms with Gasteiger partial charge in [-0.15, -0.1) is 0 Å². The van der Waals surface area contributed by atoms with Crippen molar-refractivity contribution in [3.05, 3.63) is 60.7 Å². The highest BCUT2D eigenvalue weighted by Crippen LogP contribution is 2.34.